The maximum atomic E-state index is 5.60. The van der Waals surface area contributed by atoms with E-state index < -0.39 is 0 Å². The number of rotatable bonds is 6. The van der Waals surface area contributed by atoms with Gasteiger partial charge in [0.25, 0.3) is 0 Å². The Hall–Kier alpha value is -1.20. The molecule has 0 spiro atoms. The van der Waals surface area contributed by atoms with Gasteiger partial charge in [0, 0.05) is 31.6 Å². The average Bonchev–Trinajstić information content (AvgIpc) is 3.14. The smallest absolute Gasteiger partial charge is 0.122 e. The Kier molecular flexibility index (Phi) is 3.91. The number of nitrogens with two attached hydrogens (primary N) is 1. The van der Waals surface area contributed by atoms with Crippen LogP contribution in [-0.4, -0.2) is 36.3 Å². The molecule has 0 radical (unpaired) electrons. The Balaban J connectivity index is 2.16. The minimum atomic E-state index is 0.342. The maximum Gasteiger partial charge on any atom is 0.122 e. The van der Waals surface area contributed by atoms with Gasteiger partial charge in [-0.05, 0) is 25.0 Å². The topological polar surface area (TPSA) is 51.4 Å². The average molecular weight is 251 g/mol. The van der Waals surface area contributed by atoms with Gasteiger partial charge in [-0.25, -0.2) is 0 Å². The molecule has 1 saturated carbocycles. The van der Waals surface area contributed by atoms with Crippen molar-refractivity contribution in [3.63, 3.8) is 0 Å². The molecule has 5 heteroatoms. The van der Waals surface area contributed by atoms with Gasteiger partial charge in [-0.15, -0.1) is 0 Å². The predicted molar refractivity (Wildman–Crippen MR) is 72.4 cm³/mol. The minimum absolute atomic E-state index is 0.342. The van der Waals surface area contributed by atoms with Gasteiger partial charge in [0.2, 0.25) is 0 Å². The van der Waals surface area contributed by atoms with Crippen molar-refractivity contribution in [1.82, 2.24) is 4.98 Å². The van der Waals surface area contributed by atoms with Crippen molar-refractivity contribution in [2.24, 2.45) is 5.73 Å². The Labute approximate surface area is 107 Å². The maximum absolute atomic E-state index is 5.60. The van der Waals surface area contributed by atoms with E-state index in [1.807, 2.05) is 12.1 Å². The van der Waals surface area contributed by atoms with Crippen molar-refractivity contribution >= 4 is 22.9 Å². The Morgan fingerprint density at radius 3 is 3.00 bits per heavy atom. The van der Waals surface area contributed by atoms with Crippen LogP contribution in [0.15, 0.2) is 18.3 Å². The van der Waals surface area contributed by atoms with E-state index in [-0.39, 0.29) is 0 Å². The van der Waals surface area contributed by atoms with E-state index in [1.54, 1.807) is 13.3 Å². The van der Waals surface area contributed by atoms with Crippen LogP contribution in [0.3, 0.4) is 0 Å². The second-order valence-corrected chi connectivity index (χ2v) is 4.62. The third kappa shape index (κ3) is 3.14. The van der Waals surface area contributed by atoms with Crippen LogP contribution in [0.4, 0.5) is 5.69 Å². The molecule has 2 rings (SSSR count). The molecule has 1 aliphatic rings. The molecule has 1 heterocycles. The van der Waals surface area contributed by atoms with E-state index in [0.29, 0.717) is 16.7 Å². The van der Waals surface area contributed by atoms with Gasteiger partial charge in [0.1, 0.15) is 4.99 Å². The lowest BCUT2D eigenvalue weighted by Crippen LogP contribution is -2.29. The zero-order valence-corrected chi connectivity index (χ0v) is 10.7. The summed E-state index contributed by atoms with van der Waals surface area (Å²) in [5.74, 6) is 0. The fourth-order valence-corrected chi connectivity index (χ4v) is 1.94. The van der Waals surface area contributed by atoms with E-state index >= 15 is 0 Å². The number of pyridine rings is 1. The number of ether oxygens (including phenoxy) is 1. The molecular weight excluding hydrogens is 234 g/mol. The fourth-order valence-electron chi connectivity index (χ4n) is 1.83. The first-order chi connectivity index (χ1) is 8.22. The second kappa shape index (κ2) is 5.42. The van der Waals surface area contributed by atoms with E-state index in [9.17, 15) is 0 Å². The normalized spacial score (nSPS) is 14.6. The summed E-state index contributed by atoms with van der Waals surface area (Å²) in [5, 5.41) is 0. The molecule has 0 bridgehead atoms. The van der Waals surface area contributed by atoms with Gasteiger partial charge < -0.3 is 15.4 Å². The van der Waals surface area contributed by atoms with Crippen molar-refractivity contribution < 1.29 is 4.74 Å². The Bertz CT molecular complexity index is 406. The lowest BCUT2D eigenvalue weighted by atomic mass is 10.2. The van der Waals surface area contributed by atoms with E-state index in [1.165, 1.54) is 12.8 Å². The fraction of sp³-hybridized carbons (Fsp3) is 0.500. The van der Waals surface area contributed by atoms with E-state index in [2.05, 4.69) is 9.88 Å². The van der Waals surface area contributed by atoms with Crippen LogP contribution in [0.2, 0.25) is 0 Å². The van der Waals surface area contributed by atoms with Crippen LogP contribution in [0, 0.1) is 0 Å². The summed E-state index contributed by atoms with van der Waals surface area (Å²) in [5.41, 5.74) is 7.41. The highest BCUT2D eigenvalue weighted by Crippen LogP contribution is 2.31. The van der Waals surface area contributed by atoms with Crippen LogP contribution in [0.25, 0.3) is 0 Å². The van der Waals surface area contributed by atoms with E-state index in [0.717, 1.165) is 18.8 Å². The first-order valence-corrected chi connectivity index (χ1v) is 6.14. The quantitative estimate of drug-likeness (QED) is 0.773. The number of nitrogens with zero attached hydrogens (tertiary/aromatic N) is 2. The Morgan fingerprint density at radius 2 is 2.41 bits per heavy atom. The van der Waals surface area contributed by atoms with Gasteiger partial charge in [-0.3, -0.25) is 4.98 Å². The standard InChI is InChI=1S/C12H17N3OS/c1-16-7-6-15(9-2-3-9)10-4-5-14-11(8-10)12(13)17/h4-5,8-9H,2-3,6-7H2,1H3,(H2,13,17). The van der Waals surface area contributed by atoms with Crippen LogP contribution in [0.1, 0.15) is 18.5 Å². The van der Waals surface area contributed by atoms with Gasteiger partial charge in [-0.1, -0.05) is 12.2 Å². The van der Waals surface area contributed by atoms with Crippen LogP contribution >= 0.6 is 12.2 Å². The molecule has 0 atom stereocenters. The van der Waals surface area contributed by atoms with Crippen molar-refractivity contribution in [2.45, 2.75) is 18.9 Å². The zero-order valence-electron chi connectivity index (χ0n) is 9.93. The number of hydrogen-bond acceptors (Lipinski definition) is 4. The number of methoxy groups -OCH3 is 1. The summed E-state index contributed by atoms with van der Waals surface area (Å²) >= 11 is 4.95. The number of anilines is 1. The van der Waals surface area contributed by atoms with Gasteiger partial charge >= 0.3 is 0 Å². The first kappa shape index (κ1) is 12.3. The van der Waals surface area contributed by atoms with E-state index in [4.69, 9.17) is 22.7 Å². The molecule has 0 unspecified atom stereocenters. The molecule has 4 nitrogen and oxygen atoms in total. The van der Waals surface area contributed by atoms with Crippen LogP contribution in [0.5, 0.6) is 0 Å². The predicted octanol–water partition coefficient (Wildman–Crippen LogP) is 1.33. The second-order valence-electron chi connectivity index (χ2n) is 4.18. The first-order valence-electron chi connectivity index (χ1n) is 5.74. The summed E-state index contributed by atoms with van der Waals surface area (Å²) in [6, 6.07) is 4.58. The molecule has 0 aliphatic heterocycles. The molecule has 0 aromatic carbocycles. The lowest BCUT2D eigenvalue weighted by molar-refractivity contribution is 0.205. The van der Waals surface area contributed by atoms with Gasteiger partial charge in [0.05, 0.1) is 12.3 Å². The number of thiocarbonyl (C=S) groups is 1. The Morgan fingerprint density at radius 1 is 1.65 bits per heavy atom. The van der Waals surface area contributed by atoms with Crippen molar-refractivity contribution in [1.29, 1.82) is 0 Å². The molecule has 2 N–H and O–H groups in total. The minimum Gasteiger partial charge on any atom is -0.388 e. The molecule has 1 aliphatic carbocycles. The summed E-state index contributed by atoms with van der Waals surface area (Å²) < 4.78 is 5.14. The molecule has 1 aromatic heterocycles. The highest BCUT2D eigenvalue weighted by Gasteiger charge is 2.29. The largest absolute Gasteiger partial charge is 0.388 e. The summed E-state index contributed by atoms with van der Waals surface area (Å²) in [4.78, 5) is 6.84. The van der Waals surface area contributed by atoms with Crippen LogP contribution in [-0.2, 0) is 4.74 Å². The number of hydrogen-bond donors (Lipinski definition) is 1. The molecule has 1 fully saturated rings. The van der Waals surface area contributed by atoms with Crippen molar-refractivity contribution in [2.75, 3.05) is 25.2 Å². The molecule has 0 amide bonds. The molecule has 0 saturated heterocycles. The number of aromatic nitrogens is 1. The van der Waals surface area contributed by atoms with Gasteiger partial charge in [-0.2, -0.15) is 0 Å². The molecule has 1 aromatic rings. The molecule has 92 valence electrons. The lowest BCUT2D eigenvalue weighted by Gasteiger charge is -2.24. The highest BCUT2D eigenvalue weighted by atomic mass is 32.1. The summed E-state index contributed by atoms with van der Waals surface area (Å²) in [6.45, 7) is 1.61. The third-order valence-electron chi connectivity index (χ3n) is 2.85. The van der Waals surface area contributed by atoms with Crippen LogP contribution < -0.4 is 10.6 Å². The third-order valence-corrected chi connectivity index (χ3v) is 3.06. The molecular formula is C12H17N3OS. The molecule has 17 heavy (non-hydrogen) atoms. The highest BCUT2D eigenvalue weighted by molar-refractivity contribution is 7.80. The van der Waals surface area contributed by atoms with Crippen molar-refractivity contribution in [3.05, 3.63) is 24.0 Å². The van der Waals surface area contributed by atoms with Gasteiger partial charge in [0.15, 0.2) is 0 Å². The summed E-state index contributed by atoms with van der Waals surface area (Å²) in [7, 11) is 1.72. The SMILES string of the molecule is COCCN(c1ccnc(C(N)=S)c1)C1CC1. The summed E-state index contributed by atoms with van der Waals surface area (Å²) in [6.07, 6.45) is 4.24. The van der Waals surface area contributed by atoms with Crippen molar-refractivity contribution in [3.8, 4) is 0 Å². The zero-order chi connectivity index (χ0) is 12.3. The monoisotopic (exact) mass is 251 g/mol.